The lowest BCUT2D eigenvalue weighted by molar-refractivity contribution is 0.0989. The van der Waals surface area contributed by atoms with E-state index in [2.05, 4.69) is 31.9 Å². The number of carbonyl (C=O) groups excluding carboxylic acids is 1. The second-order valence-corrected chi connectivity index (χ2v) is 5.98. The Kier molecular flexibility index (Phi) is 5.11. The number of hydrogen-bond acceptors (Lipinski definition) is 2. The molecule has 2 aromatic carbocycles. The van der Waals surface area contributed by atoms with Gasteiger partial charge < -0.3 is 4.74 Å². The molecule has 0 aliphatic rings. The van der Waals surface area contributed by atoms with E-state index in [-0.39, 0.29) is 16.5 Å². The zero-order valence-electron chi connectivity index (χ0n) is 10.9. The first kappa shape index (κ1) is 16.1. The van der Waals surface area contributed by atoms with E-state index >= 15 is 0 Å². The summed E-state index contributed by atoms with van der Waals surface area (Å²) in [6.07, 6.45) is -0.372. The topological polar surface area (TPSA) is 26.3 Å². The van der Waals surface area contributed by atoms with E-state index < -0.39 is 17.4 Å². The fourth-order valence-corrected chi connectivity index (χ4v) is 2.67. The predicted octanol–water partition coefficient (Wildman–Crippen LogP) is 4.92. The number of hydrogen-bond donors (Lipinski definition) is 0. The molecule has 0 spiro atoms. The Bertz CT molecular complexity index is 702. The number of ketones is 1. The fourth-order valence-electron chi connectivity index (χ4n) is 1.83. The SMILES string of the molecule is COc1ccc(Br)c(C(=O)Cc2c(F)ccc(Br)c2F)c1. The van der Waals surface area contributed by atoms with Gasteiger partial charge in [-0.15, -0.1) is 0 Å². The highest BCUT2D eigenvalue weighted by Crippen LogP contribution is 2.26. The van der Waals surface area contributed by atoms with E-state index in [1.807, 2.05) is 0 Å². The highest BCUT2D eigenvalue weighted by molar-refractivity contribution is 9.10. The van der Waals surface area contributed by atoms with Crippen LogP contribution in [0.5, 0.6) is 5.75 Å². The molecule has 6 heteroatoms. The summed E-state index contributed by atoms with van der Waals surface area (Å²) in [5.74, 6) is -1.42. The van der Waals surface area contributed by atoms with Crippen molar-refractivity contribution in [2.45, 2.75) is 6.42 Å². The van der Waals surface area contributed by atoms with Crippen molar-refractivity contribution in [3.8, 4) is 5.75 Å². The van der Waals surface area contributed by atoms with Crippen molar-refractivity contribution in [3.63, 3.8) is 0 Å². The van der Waals surface area contributed by atoms with Crippen LogP contribution in [0, 0.1) is 11.6 Å². The molecule has 0 aromatic heterocycles. The van der Waals surface area contributed by atoms with E-state index in [1.165, 1.54) is 19.2 Å². The van der Waals surface area contributed by atoms with E-state index in [9.17, 15) is 13.6 Å². The van der Waals surface area contributed by atoms with Crippen LogP contribution in [-0.4, -0.2) is 12.9 Å². The molecule has 0 heterocycles. The largest absolute Gasteiger partial charge is 0.497 e. The monoisotopic (exact) mass is 418 g/mol. The summed E-state index contributed by atoms with van der Waals surface area (Å²) in [5.41, 5.74) is 0.0530. The van der Waals surface area contributed by atoms with Crippen LogP contribution in [0.4, 0.5) is 8.78 Å². The zero-order valence-corrected chi connectivity index (χ0v) is 14.1. The molecule has 0 fully saturated rings. The summed E-state index contributed by atoms with van der Waals surface area (Å²) >= 11 is 6.23. The Morgan fingerprint density at radius 1 is 1.14 bits per heavy atom. The summed E-state index contributed by atoms with van der Waals surface area (Å²) < 4.78 is 33.3. The highest BCUT2D eigenvalue weighted by atomic mass is 79.9. The molecule has 0 saturated carbocycles. The van der Waals surface area contributed by atoms with Crippen LogP contribution < -0.4 is 4.74 Å². The molecule has 2 aromatic rings. The number of rotatable bonds is 4. The number of ether oxygens (including phenoxy) is 1. The Morgan fingerprint density at radius 2 is 1.81 bits per heavy atom. The van der Waals surface area contributed by atoms with Gasteiger partial charge in [0.2, 0.25) is 0 Å². The lowest BCUT2D eigenvalue weighted by Crippen LogP contribution is -2.08. The Labute approximate surface area is 137 Å². The predicted molar refractivity (Wildman–Crippen MR) is 82.8 cm³/mol. The van der Waals surface area contributed by atoms with E-state index in [0.717, 1.165) is 6.07 Å². The van der Waals surface area contributed by atoms with Gasteiger partial charge in [-0.25, -0.2) is 8.78 Å². The Balaban J connectivity index is 2.37. The minimum atomic E-state index is -0.762. The molecule has 110 valence electrons. The Hall–Kier alpha value is -1.27. The first-order chi connectivity index (χ1) is 9.93. The Morgan fingerprint density at radius 3 is 2.48 bits per heavy atom. The standard InChI is InChI=1S/C15H10Br2F2O2/c1-21-8-2-3-11(16)9(6-8)14(20)7-10-13(18)5-4-12(17)15(10)19/h2-6H,7H2,1H3. The third kappa shape index (κ3) is 3.49. The molecule has 0 unspecified atom stereocenters. The molecule has 2 nitrogen and oxygen atoms in total. The summed E-state index contributed by atoms with van der Waals surface area (Å²) in [7, 11) is 1.48. The van der Waals surface area contributed by atoms with E-state index in [0.29, 0.717) is 15.8 Å². The summed E-state index contributed by atoms with van der Waals surface area (Å²) in [6, 6.07) is 7.25. The summed E-state index contributed by atoms with van der Waals surface area (Å²) in [4.78, 5) is 12.3. The van der Waals surface area contributed by atoms with Crippen LogP contribution in [0.1, 0.15) is 15.9 Å². The van der Waals surface area contributed by atoms with Crippen LogP contribution >= 0.6 is 31.9 Å². The maximum absolute atomic E-state index is 13.9. The molecule has 2 rings (SSSR count). The van der Waals surface area contributed by atoms with Crippen molar-refractivity contribution in [1.82, 2.24) is 0 Å². The van der Waals surface area contributed by atoms with Gasteiger partial charge in [0.05, 0.1) is 11.6 Å². The van der Waals surface area contributed by atoms with Crippen LogP contribution in [0.2, 0.25) is 0 Å². The van der Waals surface area contributed by atoms with Gasteiger partial charge in [0.1, 0.15) is 17.4 Å². The third-order valence-electron chi connectivity index (χ3n) is 2.95. The van der Waals surface area contributed by atoms with E-state index in [4.69, 9.17) is 4.74 Å². The fraction of sp³-hybridized carbons (Fsp3) is 0.133. The number of Topliss-reactive ketones (excluding diaryl/α,β-unsaturated/α-hetero) is 1. The molecule has 0 aliphatic carbocycles. The van der Waals surface area contributed by atoms with E-state index in [1.54, 1.807) is 12.1 Å². The van der Waals surface area contributed by atoms with Gasteiger partial charge in [-0.3, -0.25) is 4.79 Å². The first-order valence-electron chi connectivity index (χ1n) is 5.93. The maximum Gasteiger partial charge on any atom is 0.168 e. The van der Waals surface area contributed by atoms with Crippen LogP contribution in [0.3, 0.4) is 0 Å². The summed E-state index contributed by atoms with van der Waals surface area (Å²) in [5, 5.41) is 0. The molecular weight excluding hydrogens is 410 g/mol. The van der Waals surface area contributed by atoms with Gasteiger partial charge >= 0.3 is 0 Å². The first-order valence-corrected chi connectivity index (χ1v) is 7.51. The lowest BCUT2D eigenvalue weighted by atomic mass is 10.0. The molecular formula is C15H10Br2F2O2. The van der Waals surface area contributed by atoms with Crippen LogP contribution in [-0.2, 0) is 6.42 Å². The summed E-state index contributed by atoms with van der Waals surface area (Å²) in [6.45, 7) is 0. The van der Waals surface area contributed by atoms with Crippen molar-refractivity contribution in [3.05, 3.63) is 62.0 Å². The number of methoxy groups -OCH3 is 1. The van der Waals surface area contributed by atoms with Crippen molar-refractivity contribution in [2.75, 3.05) is 7.11 Å². The molecule has 0 saturated heterocycles. The lowest BCUT2D eigenvalue weighted by Gasteiger charge is -2.09. The van der Waals surface area contributed by atoms with Gasteiger partial charge in [0, 0.05) is 22.0 Å². The zero-order chi connectivity index (χ0) is 15.6. The van der Waals surface area contributed by atoms with Crippen molar-refractivity contribution in [2.24, 2.45) is 0 Å². The quantitative estimate of drug-likeness (QED) is 0.519. The normalized spacial score (nSPS) is 10.5. The minimum absolute atomic E-state index is 0.122. The molecule has 0 bridgehead atoms. The van der Waals surface area contributed by atoms with Crippen molar-refractivity contribution < 1.29 is 18.3 Å². The molecule has 0 radical (unpaired) electrons. The smallest absolute Gasteiger partial charge is 0.168 e. The van der Waals surface area contributed by atoms with Gasteiger partial charge in [-0.05, 0) is 46.3 Å². The molecule has 0 N–H and O–H groups in total. The molecule has 0 atom stereocenters. The van der Waals surface area contributed by atoms with Crippen molar-refractivity contribution >= 4 is 37.6 Å². The molecule has 0 amide bonds. The molecule has 21 heavy (non-hydrogen) atoms. The highest BCUT2D eigenvalue weighted by Gasteiger charge is 2.19. The van der Waals surface area contributed by atoms with Gasteiger partial charge in [-0.1, -0.05) is 15.9 Å². The second-order valence-electron chi connectivity index (χ2n) is 4.27. The van der Waals surface area contributed by atoms with Gasteiger partial charge in [-0.2, -0.15) is 0 Å². The minimum Gasteiger partial charge on any atom is -0.497 e. The number of halogens is 4. The van der Waals surface area contributed by atoms with Gasteiger partial charge in [0.15, 0.2) is 5.78 Å². The molecule has 0 aliphatic heterocycles. The van der Waals surface area contributed by atoms with Crippen LogP contribution in [0.15, 0.2) is 39.3 Å². The third-order valence-corrected chi connectivity index (χ3v) is 4.25. The van der Waals surface area contributed by atoms with Crippen LogP contribution in [0.25, 0.3) is 0 Å². The van der Waals surface area contributed by atoms with Crippen molar-refractivity contribution in [1.29, 1.82) is 0 Å². The average molecular weight is 420 g/mol. The maximum atomic E-state index is 13.9. The number of carbonyl (C=O) groups is 1. The van der Waals surface area contributed by atoms with Gasteiger partial charge in [0.25, 0.3) is 0 Å². The average Bonchev–Trinajstić information content (AvgIpc) is 2.48. The number of benzene rings is 2. The second kappa shape index (κ2) is 6.66.